The van der Waals surface area contributed by atoms with Crippen molar-refractivity contribution < 1.29 is 0 Å². The molecule has 0 aliphatic heterocycles. The number of allylic oxidation sites excluding steroid dienone is 2. The van der Waals surface area contributed by atoms with Crippen LogP contribution in [0.25, 0.3) is 76.2 Å². The standard InChI is InChI=1S/C56H40N4/c1-35-17-9-11-27-45(35)57(37-19-5-3-6-20-37)47-29-15-31-49-53(47)41-25-13-23-39-43-34-52-44(33-51(43)59(49)55(39)41)40-24-14-26-42-54-48(30-16-32-50(54)60(52)56(40)42)58(38-21-7-4-8-22-38)46-28-12-10-18-36(46)2/h3-27,29-34,46H,28H2,1-2H3. The van der Waals surface area contributed by atoms with E-state index >= 15 is 0 Å². The molecule has 60 heavy (non-hydrogen) atoms. The smallest absolute Gasteiger partial charge is 0.0621 e. The fourth-order valence-corrected chi connectivity index (χ4v) is 10.8. The summed E-state index contributed by atoms with van der Waals surface area (Å²) in [6, 6.07) is 63.2. The Morgan fingerprint density at radius 3 is 1.58 bits per heavy atom. The number of aryl methyl sites for hydroxylation is 1. The van der Waals surface area contributed by atoms with Crippen LogP contribution in [-0.2, 0) is 0 Å². The van der Waals surface area contributed by atoms with Gasteiger partial charge in [-0.15, -0.1) is 0 Å². The van der Waals surface area contributed by atoms with Crippen molar-refractivity contribution in [1.29, 1.82) is 0 Å². The van der Waals surface area contributed by atoms with Crippen molar-refractivity contribution in [2.45, 2.75) is 26.3 Å². The highest BCUT2D eigenvalue weighted by molar-refractivity contribution is 6.31. The zero-order valence-electron chi connectivity index (χ0n) is 33.5. The van der Waals surface area contributed by atoms with Gasteiger partial charge in [0.1, 0.15) is 0 Å². The van der Waals surface area contributed by atoms with Crippen LogP contribution < -0.4 is 9.80 Å². The Kier molecular flexibility index (Phi) is 6.95. The molecule has 4 heterocycles. The van der Waals surface area contributed by atoms with Crippen molar-refractivity contribution in [3.8, 4) is 0 Å². The molecule has 0 bridgehead atoms. The lowest BCUT2D eigenvalue weighted by Crippen LogP contribution is -2.32. The second-order valence-corrected chi connectivity index (χ2v) is 16.6. The van der Waals surface area contributed by atoms with Gasteiger partial charge in [-0.25, -0.2) is 0 Å². The Morgan fingerprint density at radius 2 is 0.967 bits per heavy atom. The molecule has 0 spiro atoms. The quantitative estimate of drug-likeness (QED) is 0.167. The summed E-state index contributed by atoms with van der Waals surface area (Å²) >= 11 is 0. The van der Waals surface area contributed by atoms with Crippen molar-refractivity contribution in [1.82, 2.24) is 8.80 Å². The van der Waals surface area contributed by atoms with Gasteiger partial charge in [0.2, 0.25) is 0 Å². The van der Waals surface area contributed by atoms with E-state index in [-0.39, 0.29) is 6.04 Å². The molecule has 0 radical (unpaired) electrons. The van der Waals surface area contributed by atoms with Crippen molar-refractivity contribution >= 4 is 105 Å². The van der Waals surface area contributed by atoms with E-state index in [9.17, 15) is 0 Å². The molecule has 4 heteroatoms. The van der Waals surface area contributed by atoms with E-state index in [0.717, 1.165) is 12.1 Å². The minimum absolute atomic E-state index is 0.227. The highest BCUT2D eigenvalue weighted by Crippen LogP contribution is 2.50. The molecule has 0 N–H and O–H groups in total. The second kappa shape index (κ2) is 12.5. The van der Waals surface area contributed by atoms with E-state index in [0.29, 0.717) is 0 Å². The average molecular weight is 769 g/mol. The van der Waals surface area contributed by atoms with Gasteiger partial charge >= 0.3 is 0 Å². The Labute approximate surface area is 347 Å². The molecule has 1 unspecified atom stereocenters. The first-order chi connectivity index (χ1) is 29.7. The van der Waals surface area contributed by atoms with E-state index in [4.69, 9.17) is 0 Å². The molecule has 0 amide bonds. The zero-order chi connectivity index (χ0) is 39.6. The first-order valence-electron chi connectivity index (χ1n) is 21.1. The first kappa shape index (κ1) is 33.4. The van der Waals surface area contributed by atoms with Crippen LogP contribution in [0.1, 0.15) is 18.9 Å². The Hall–Kier alpha value is -7.56. The summed E-state index contributed by atoms with van der Waals surface area (Å²) in [5, 5.41) is 10.3. The molecule has 0 saturated carbocycles. The maximum Gasteiger partial charge on any atom is 0.0621 e. The molecule has 4 aromatic heterocycles. The maximum absolute atomic E-state index is 2.57. The zero-order valence-corrected chi connectivity index (χ0v) is 33.5. The molecule has 0 saturated heterocycles. The third-order valence-electron chi connectivity index (χ3n) is 13.4. The van der Waals surface area contributed by atoms with E-state index in [1.807, 2.05) is 0 Å². The molecule has 1 atom stereocenters. The van der Waals surface area contributed by atoms with Crippen molar-refractivity contribution in [2.75, 3.05) is 9.80 Å². The van der Waals surface area contributed by atoms with E-state index in [2.05, 4.69) is 221 Å². The summed E-state index contributed by atoms with van der Waals surface area (Å²) in [5.74, 6) is 0. The van der Waals surface area contributed by atoms with Crippen LogP contribution in [0.4, 0.5) is 28.4 Å². The predicted octanol–water partition coefficient (Wildman–Crippen LogP) is 15.2. The lowest BCUT2D eigenvalue weighted by atomic mass is 9.96. The Bertz CT molecular complexity index is 3720. The van der Waals surface area contributed by atoms with Gasteiger partial charge in [-0.05, 0) is 92.6 Å². The largest absolute Gasteiger partial charge is 0.333 e. The van der Waals surface area contributed by atoms with Crippen molar-refractivity contribution in [3.05, 3.63) is 199 Å². The number of aromatic nitrogens is 2. The van der Waals surface area contributed by atoms with Crippen LogP contribution in [-0.4, -0.2) is 14.8 Å². The number of hydrogen-bond donors (Lipinski definition) is 0. The molecular weight excluding hydrogens is 729 g/mol. The summed E-state index contributed by atoms with van der Waals surface area (Å²) in [6.45, 7) is 4.48. The molecule has 8 aromatic carbocycles. The molecule has 1 aliphatic rings. The van der Waals surface area contributed by atoms with Gasteiger partial charge in [0.05, 0.1) is 50.5 Å². The minimum Gasteiger partial charge on any atom is -0.333 e. The summed E-state index contributed by atoms with van der Waals surface area (Å²) < 4.78 is 5.09. The number of benzene rings is 8. The average Bonchev–Trinajstić information content (AvgIpc) is 4.02. The third-order valence-corrected chi connectivity index (χ3v) is 13.4. The first-order valence-corrected chi connectivity index (χ1v) is 21.1. The van der Waals surface area contributed by atoms with Gasteiger partial charge in [0.15, 0.2) is 0 Å². The van der Waals surface area contributed by atoms with Gasteiger partial charge in [0, 0.05) is 60.2 Å². The number of para-hydroxylation sites is 5. The molecular formula is C56H40N4. The van der Waals surface area contributed by atoms with Crippen LogP contribution >= 0.6 is 0 Å². The summed E-state index contributed by atoms with van der Waals surface area (Å²) in [6.07, 6.45) is 7.74. The number of fused-ring (bicyclic) bond motifs is 12. The van der Waals surface area contributed by atoms with E-state index < -0.39 is 0 Å². The number of nitrogens with zero attached hydrogens (tertiary/aromatic N) is 4. The second-order valence-electron chi connectivity index (χ2n) is 16.6. The van der Waals surface area contributed by atoms with Crippen LogP contribution in [0, 0.1) is 6.92 Å². The lowest BCUT2D eigenvalue weighted by Gasteiger charge is -2.36. The highest BCUT2D eigenvalue weighted by atomic mass is 15.2. The van der Waals surface area contributed by atoms with Gasteiger partial charge < -0.3 is 18.6 Å². The van der Waals surface area contributed by atoms with Crippen LogP contribution in [0.15, 0.2) is 194 Å². The minimum atomic E-state index is 0.227. The predicted molar refractivity (Wildman–Crippen MR) is 255 cm³/mol. The molecule has 13 rings (SSSR count). The van der Waals surface area contributed by atoms with E-state index in [1.54, 1.807) is 0 Å². The van der Waals surface area contributed by atoms with Crippen molar-refractivity contribution in [3.63, 3.8) is 0 Å². The van der Waals surface area contributed by atoms with Gasteiger partial charge in [-0.3, -0.25) is 0 Å². The Morgan fingerprint density at radius 1 is 0.450 bits per heavy atom. The Balaban J connectivity index is 1.09. The normalized spacial score (nSPS) is 14.6. The summed E-state index contributed by atoms with van der Waals surface area (Å²) in [4.78, 5) is 5.01. The SMILES string of the molecule is CC1=CC=CCC1N(c1ccccc1)c1cccc2c1c1cccc3c4cc5c(cc4n2c31)c1cccc2c3c(N(c4ccccc4)c4ccccc4C)cccc3n5c12. The topological polar surface area (TPSA) is 15.3 Å². The fourth-order valence-electron chi connectivity index (χ4n) is 10.8. The van der Waals surface area contributed by atoms with Gasteiger partial charge in [-0.2, -0.15) is 0 Å². The van der Waals surface area contributed by atoms with Gasteiger partial charge in [-0.1, -0.05) is 127 Å². The molecule has 284 valence electrons. The molecule has 12 aromatic rings. The molecule has 4 nitrogen and oxygen atoms in total. The monoisotopic (exact) mass is 768 g/mol. The van der Waals surface area contributed by atoms with Crippen LogP contribution in [0.5, 0.6) is 0 Å². The fraction of sp³-hybridized carbons (Fsp3) is 0.0714. The number of anilines is 5. The maximum atomic E-state index is 2.57. The third kappa shape index (κ3) is 4.45. The van der Waals surface area contributed by atoms with Crippen molar-refractivity contribution in [2.24, 2.45) is 0 Å². The lowest BCUT2D eigenvalue weighted by molar-refractivity contribution is 0.743. The molecule has 1 aliphatic carbocycles. The van der Waals surface area contributed by atoms with E-state index in [1.165, 1.54) is 110 Å². The van der Waals surface area contributed by atoms with Crippen LogP contribution in [0.3, 0.4) is 0 Å². The summed E-state index contributed by atoms with van der Waals surface area (Å²) in [7, 11) is 0. The molecule has 0 fully saturated rings. The highest BCUT2D eigenvalue weighted by Gasteiger charge is 2.29. The number of rotatable bonds is 6. The van der Waals surface area contributed by atoms with Gasteiger partial charge in [0.25, 0.3) is 0 Å². The number of hydrogen-bond acceptors (Lipinski definition) is 2. The van der Waals surface area contributed by atoms with Crippen LogP contribution in [0.2, 0.25) is 0 Å². The summed E-state index contributed by atoms with van der Waals surface area (Å²) in [5.41, 5.74) is 16.1.